The first-order valence-corrected chi connectivity index (χ1v) is 5.17. The molecular weight excluding hydrogens is 170 g/mol. The predicted octanol–water partition coefficient (Wildman–Crippen LogP) is 3.33. The van der Waals surface area contributed by atoms with Gasteiger partial charge in [0.05, 0.1) is 0 Å². The summed E-state index contributed by atoms with van der Waals surface area (Å²) in [7, 11) is 0. The molecule has 1 N–H and O–H groups in total. The topological polar surface area (TPSA) is 12.0 Å². The molecule has 14 heavy (non-hydrogen) atoms. The second-order valence-corrected chi connectivity index (χ2v) is 3.66. The van der Waals surface area contributed by atoms with E-state index in [0.717, 1.165) is 25.1 Å². The first kappa shape index (κ1) is 10.8. The van der Waals surface area contributed by atoms with E-state index in [-0.39, 0.29) is 0 Å². The van der Waals surface area contributed by atoms with E-state index >= 15 is 0 Å². The highest BCUT2D eigenvalue weighted by Gasteiger charge is 1.98. The molecule has 0 bridgehead atoms. The first-order chi connectivity index (χ1) is 6.72. The van der Waals surface area contributed by atoms with E-state index in [1.54, 1.807) is 0 Å². The fourth-order valence-electron chi connectivity index (χ4n) is 1.35. The molecule has 76 valence electrons. The summed E-state index contributed by atoms with van der Waals surface area (Å²) in [6.07, 6.45) is 10.7. The van der Waals surface area contributed by atoms with Crippen LogP contribution >= 0.6 is 0 Å². The van der Waals surface area contributed by atoms with E-state index in [1.165, 1.54) is 11.1 Å². The van der Waals surface area contributed by atoms with Crippen LogP contribution in [0.25, 0.3) is 0 Å². The molecule has 0 amide bonds. The molecular formula is C13H19N. The van der Waals surface area contributed by atoms with Crippen molar-refractivity contribution in [3.63, 3.8) is 0 Å². The van der Waals surface area contributed by atoms with E-state index in [1.807, 2.05) is 0 Å². The van der Waals surface area contributed by atoms with Crippen LogP contribution in [0.15, 0.2) is 47.7 Å². The van der Waals surface area contributed by atoms with Crippen LogP contribution in [0.4, 0.5) is 0 Å². The van der Waals surface area contributed by atoms with E-state index in [2.05, 4.69) is 50.0 Å². The molecule has 0 aromatic heterocycles. The highest BCUT2D eigenvalue weighted by molar-refractivity contribution is 5.31. The largest absolute Gasteiger partial charge is 0.385 e. The van der Waals surface area contributed by atoms with Gasteiger partial charge < -0.3 is 5.32 Å². The van der Waals surface area contributed by atoms with Crippen LogP contribution in [0.5, 0.6) is 0 Å². The summed E-state index contributed by atoms with van der Waals surface area (Å²) in [6, 6.07) is 0. The fraction of sp³-hybridized carbons (Fsp3) is 0.385. The van der Waals surface area contributed by atoms with Gasteiger partial charge in [-0.2, -0.15) is 0 Å². The third kappa shape index (κ3) is 3.65. The van der Waals surface area contributed by atoms with E-state index in [4.69, 9.17) is 0 Å². The Morgan fingerprint density at radius 1 is 1.57 bits per heavy atom. The molecule has 0 unspecified atom stereocenters. The summed E-state index contributed by atoms with van der Waals surface area (Å²) in [5.41, 5.74) is 3.85. The highest BCUT2D eigenvalue weighted by Crippen LogP contribution is 2.11. The SMILES string of the molecule is C=C(CC)NCC1=CC(C)=CC=CC1. The Morgan fingerprint density at radius 2 is 2.36 bits per heavy atom. The van der Waals surface area contributed by atoms with Crippen LogP contribution in [0.3, 0.4) is 0 Å². The zero-order valence-corrected chi connectivity index (χ0v) is 9.14. The molecule has 0 aromatic rings. The number of nitrogens with one attached hydrogen (secondary N) is 1. The monoisotopic (exact) mass is 189 g/mol. The highest BCUT2D eigenvalue weighted by atomic mass is 14.9. The number of rotatable bonds is 4. The van der Waals surface area contributed by atoms with Gasteiger partial charge in [0.2, 0.25) is 0 Å². The Morgan fingerprint density at radius 3 is 3.07 bits per heavy atom. The number of hydrogen-bond donors (Lipinski definition) is 1. The normalized spacial score (nSPS) is 15.6. The summed E-state index contributed by atoms with van der Waals surface area (Å²) in [4.78, 5) is 0. The third-order valence-electron chi connectivity index (χ3n) is 2.30. The average molecular weight is 189 g/mol. The van der Waals surface area contributed by atoms with Crippen molar-refractivity contribution in [2.75, 3.05) is 6.54 Å². The van der Waals surface area contributed by atoms with Crippen molar-refractivity contribution in [2.24, 2.45) is 0 Å². The van der Waals surface area contributed by atoms with Gasteiger partial charge in [-0.25, -0.2) is 0 Å². The zero-order chi connectivity index (χ0) is 10.4. The van der Waals surface area contributed by atoms with Crippen molar-refractivity contribution in [3.8, 4) is 0 Å². The molecule has 1 rings (SSSR count). The molecule has 0 saturated carbocycles. The number of hydrogen-bond acceptors (Lipinski definition) is 1. The van der Waals surface area contributed by atoms with Gasteiger partial charge in [-0.3, -0.25) is 0 Å². The third-order valence-corrected chi connectivity index (χ3v) is 2.30. The van der Waals surface area contributed by atoms with Crippen LogP contribution in [0.1, 0.15) is 26.7 Å². The average Bonchev–Trinajstić information content (AvgIpc) is 2.39. The molecule has 1 aliphatic rings. The van der Waals surface area contributed by atoms with E-state index in [0.29, 0.717) is 0 Å². The maximum absolute atomic E-state index is 3.93. The van der Waals surface area contributed by atoms with Gasteiger partial charge in [-0.05, 0) is 25.3 Å². The molecule has 1 nitrogen and oxygen atoms in total. The minimum Gasteiger partial charge on any atom is -0.385 e. The molecule has 0 heterocycles. The van der Waals surface area contributed by atoms with Crippen molar-refractivity contribution in [1.82, 2.24) is 5.32 Å². The molecule has 0 spiro atoms. The molecule has 0 atom stereocenters. The Hall–Kier alpha value is -1.24. The second-order valence-electron chi connectivity index (χ2n) is 3.66. The molecule has 0 saturated heterocycles. The van der Waals surface area contributed by atoms with Gasteiger partial charge in [-0.1, -0.05) is 43.4 Å². The van der Waals surface area contributed by atoms with Crippen LogP contribution in [-0.4, -0.2) is 6.54 Å². The van der Waals surface area contributed by atoms with Crippen molar-refractivity contribution < 1.29 is 0 Å². The standard InChI is InChI=1S/C13H19N/c1-4-12(3)14-10-13-8-6-5-7-11(2)9-13/h5-7,9,14H,3-4,8,10H2,1-2H3. The maximum Gasteiger partial charge on any atom is 0.0363 e. The Labute approximate surface area is 86.9 Å². The lowest BCUT2D eigenvalue weighted by molar-refractivity contribution is 0.813. The summed E-state index contributed by atoms with van der Waals surface area (Å²) in [6.45, 7) is 9.09. The minimum atomic E-state index is 0.919. The molecule has 0 fully saturated rings. The Kier molecular flexibility index (Phi) is 4.24. The smallest absolute Gasteiger partial charge is 0.0363 e. The molecule has 0 aromatic carbocycles. The van der Waals surface area contributed by atoms with Crippen molar-refractivity contribution in [1.29, 1.82) is 0 Å². The van der Waals surface area contributed by atoms with Crippen LogP contribution < -0.4 is 5.32 Å². The van der Waals surface area contributed by atoms with Gasteiger partial charge >= 0.3 is 0 Å². The quantitative estimate of drug-likeness (QED) is 0.715. The van der Waals surface area contributed by atoms with E-state index in [9.17, 15) is 0 Å². The van der Waals surface area contributed by atoms with E-state index < -0.39 is 0 Å². The van der Waals surface area contributed by atoms with Crippen LogP contribution in [0, 0.1) is 0 Å². The summed E-state index contributed by atoms with van der Waals surface area (Å²) < 4.78 is 0. The number of allylic oxidation sites excluding steroid dienone is 6. The van der Waals surface area contributed by atoms with Gasteiger partial charge in [0.1, 0.15) is 0 Å². The van der Waals surface area contributed by atoms with Gasteiger partial charge in [-0.15, -0.1) is 0 Å². The summed E-state index contributed by atoms with van der Waals surface area (Å²) in [5.74, 6) is 0. The van der Waals surface area contributed by atoms with Gasteiger partial charge in [0.25, 0.3) is 0 Å². The predicted molar refractivity (Wildman–Crippen MR) is 63.0 cm³/mol. The van der Waals surface area contributed by atoms with Crippen molar-refractivity contribution >= 4 is 0 Å². The lowest BCUT2D eigenvalue weighted by atomic mass is 10.1. The maximum atomic E-state index is 3.93. The van der Waals surface area contributed by atoms with Crippen molar-refractivity contribution in [3.05, 3.63) is 47.7 Å². The van der Waals surface area contributed by atoms with Crippen LogP contribution in [0.2, 0.25) is 0 Å². The fourth-order valence-corrected chi connectivity index (χ4v) is 1.35. The Bertz CT molecular complexity index is 292. The van der Waals surface area contributed by atoms with Gasteiger partial charge in [0.15, 0.2) is 0 Å². The van der Waals surface area contributed by atoms with Crippen molar-refractivity contribution in [2.45, 2.75) is 26.7 Å². The first-order valence-electron chi connectivity index (χ1n) is 5.17. The zero-order valence-electron chi connectivity index (χ0n) is 9.14. The van der Waals surface area contributed by atoms with Gasteiger partial charge in [0, 0.05) is 12.2 Å². The molecule has 1 heteroatoms. The van der Waals surface area contributed by atoms with Crippen LogP contribution in [-0.2, 0) is 0 Å². The summed E-state index contributed by atoms with van der Waals surface area (Å²) in [5, 5.41) is 3.33. The summed E-state index contributed by atoms with van der Waals surface area (Å²) >= 11 is 0. The molecule has 1 aliphatic carbocycles. The molecule has 0 radical (unpaired) electrons. The molecule has 0 aliphatic heterocycles. The lowest BCUT2D eigenvalue weighted by Crippen LogP contribution is -2.15. The lowest BCUT2D eigenvalue weighted by Gasteiger charge is -2.09. The Balaban J connectivity index is 2.49. The second kappa shape index (κ2) is 5.48. The minimum absolute atomic E-state index is 0.919.